The largest absolute Gasteiger partial charge is 0.503 e. The van der Waals surface area contributed by atoms with Crippen molar-refractivity contribution in [3.63, 3.8) is 0 Å². The molecule has 35 heavy (non-hydrogen) atoms. The van der Waals surface area contributed by atoms with Crippen LogP contribution in [0.25, 0.3) is 0 Å². The molecular weight excluding hydrogens is 490 g/mol. The van der Waals surface area contributed by atoms with Crippen molar-refractivity contribution in [3.8, 4) is 5.75 Å². The monoisotopic (exact) mass is 513 g/mol. The second kappa shape index (κ2) is 9.59. The van der Waals surface area contributed by atoms with Gasteiger partial charge >= 0.3 is 5.97 Å². The van der Waals surface area contributed by atoms with E-state index in [9.17, 15) is 19.5 Å². The molecule has 0 saturated heterocycles. The van der Waals surface area contributed by atoms with E-state index in [1.165, 1.54) is 23.3 Å². The second-order valence-electron chi connectivity index (χ2n) is 7.72. The number of Topliss-reactive ketones (excluding diaryl/α,β-unsaturated/α-hetero) is 1. The fourth-order valence-corrected chi connectivity index (χ4v) is 5.78. The number of esters is 1. The quantitative estimate of drug-likeness (QED) is 0.363. The predicted molar refractivity (Wildman–Crippen MR) is 132 cm³/mol. The number of aryl methyl sites for hydroxylation is 3. The van der Waals surface area contributed by atoms with Gasteiger partial charge in [0.25, 0.3) is 5.91 Å². The van der Waals surface area contributed by atoms with E-state index in [-0.39, 0.29) is 15.6 Å². The first-order valence-electron chi connectivity index (χ1n) is 10.7. The van der Waals surface area contributed by atoms with Crippen LogP contribution >= 0.6 is 22.7 Å². The number of amides is 1. The highest BCUT2D eigenvalue weighted by Gasteiger charge is 2.46. The number of nitrogens with zero attached hydrogens (tertiary/aromatic N) is 3. The molecule has 4 rings (SSSR count). The van der Waals surface area contributed by atoms with Crippen LogP contribution in [0.15, 0.2) is 35.6 Å². The molecule has 1 amide bonds. The number of thiazole rings is 2. The van der Waals surface area contributed by atoms with Crippen LogP contribution in [0.1, 0.15) is 54.3 Å². The SMILES string of the molecule is CCOc1ccc(C2C(C(=O)c3sc(C)nc3C)=C(O)C(=O)N2c2nc(C)c(C(=O)OC)s2)cc1. The molecule has 2 aromatic heterocycles. The summed E-state index contributed by atoms with van der Waals surface area (Å²) in [5.41, 5.74) is 1.40. The summed E-state index contributed by atoms with van der Waals surface area (Å²) in [7, 11) is 1.26. The van der Waals surface area contributed by atoms with E-state index in [4.69, 9.17) is 9.47 Å². The van der Waals surface area contributed by atoms with Crippen LogP contribution in [-0.2, 0) is 9.53 Å². The second-order valence-corrected chi connectivity index (χ2v) is 9.90. The summed E-state index contributed by atoms with van der Waals surface area (Å²) in [5.74, 6) is -1.88. The molecular formula is C24H23N3O6S2. The van der Waals surface area contributed by atoms with Crippen LogP contribution in [0.3, 0.4) is 0 Å². The first kappa shape index (κ1) is 24.6. The molecule has 0 saturated carbocycles. The Kier molecular flexibility index (Phi) is 6.73. The third kappa shape index (κ3) is 4.32. The molecule has 1 aromatic carbocycles. The van der Waals surface area contributed by atoms with Crippen molar-refractivity contribution >= 4 is 45.5 Å². The number of benzene rings is 1. The van der Waals surface area contributed by atoms with E-state index < -0.39 is 29.5 Å². The minimum Gasteiger partial charge on any atom is -0.503 e. The highest BCUT2D eigenvalue weighted by molar-refractivity contribution is 7.17. The number of rotatable bonds is 7. The predicted octanol–water partition coefficient (Wildman–Crippen LogP) is 4.49. The topological polar surface area (TPSA) is 119 Å². The molecule has 1 unspecified atom stereocenters. The summed E-state index contributed by atoms with van der Waals surface area (Å²) in [6.07, 6.45) is 0. The van der Waals surface area contributed by atoms with Crippen molar-refractivity contribution < 1.29 is 29.0 Å². The maximum atomic E-state index is 13.7. The number of hydrogen-bond acceptors (Lipinski definition) is 10. The van der Waals surface area contributed by atoms with Crippen molar-refractivity contribution in [1.29, 1.82) is 0 Å². The van der Waals surface area contributed by atoms with Crippen LogP contribution in [0.5, 0.6) is 5.75 Å². The Morgan fingerprint density at radius 3 is 2.29 bits per heavy atom. The summed E-state index contributed by atoms with van der Waals surface area (Å²) in [6, 6.07) is 5.95. The molecule has 9 nitrogen and oxygen atoms in total. The maximum Gasteiger partial charge on any atom is 0.350 e. The van der Waals surface area contributed by atoms with E-state index in [0.29, 0.717) is 39.2 Å². The highest BCUT2D eigenvalue weighted by atomic mass is 32.1. The van der Waals surface area contributed by atoms with E-state index in [0.717, 1.165) is 11.3 Å². The van der Waals surface area contributed by atoms with Crippen molar-refractivity contribution in [2.75, 3.05) is 18.6 Å². The number of carbonyl (C=O) groups excluding carboxylic acids is 3. The Morgan fingerprint density at radius 1 is 1.06 bits per heavy atom. The van der Waals surface area contributed by atoms with Gasteiger partial charge in [-0.05, 0) is 45.4 Å². The van der Waals surface area contributed by atoms with Gasteiger partial charge in [-0.2, -0.15) is 0 Å². The van der Waals surface area contributed by atoms with Gasteiger partial charge in [0.15, 0.2) is 10.9 Å². The normalized spacial score (nSPS) is 15.6. The van der Waals surface area contributed by atoms with Gasteiger partial charge in [-0.15, -0.1) is 11.3 Å². The maximum absolute atomic E-state index is 13.7. The molecule has 182 valence electrons. The standard InChI is InChI=1S/C24H23N3O6S2/c1-6-33-15-9-7-14(8-10-15)17-16(18(28)20-11(2)25-13(4)34-20)19(29)22(30)27(17)24-26-12(3)21(35-24)23(31)32-5/h7-10,17,29H,6H2,1-5H3. The lowest BCUT2D eigenvalue weighted by molar-refractivity contribution is -0.117. The van der Waals surface area contributed by atoms with Crippen LogP contribution in [0.4, 0.5) is 5.13 Å². The molecule has 0 aliphatic carbocycles. The van der Waals surface area contributed by atoms with Gasteiger partial charge in [-0.1, -0.05) is 23.5 Å². The van der Waals surface area contributed by atoms with Gasteiger partial charge in [0.05, 0.1) is 46.6 Å². The Labute approximate surface area is 209 Å². The molecule has 0 bridgehead atoms. The number of aliphatic hydroxyl groups is 1. The van der Waals surface area contributed by atoms with Crippen molar-refractivity contribution in [2.45, 2.75) is 33.7 Å². The minimum absolute atomic E-state index is 0.0709. The van der Waals surface area contributed by atoms with Crippen LogP contribution < -0.4 is 9.64 Å². The smallest absolute Gasteiger partial charge is 0.350 e. The van der Waals surface area contributed by atoms with Crippen LogP contribution in [0.2, 0.25) is 0 Å². The Morgan fingerprint density at radius 2 is 1.71 bits per heavy atom. The van der Waals surface area contributed by atoms with E-state index in [2.05, 4.69) is 9.97 Å². The Balaban J connectivity index is 1.87. The summed E-state index contributed by atoms with van der Waals surface area (Å²) in [6.45, 7) is 7.47. The number of aliphatic hydroxyl groups excluding tert-OH is 1. The first-order valence-corrected chi connectivity index (χ1v) is 12.3. The van der Waals surface area contributed by atoms with E-state index in [1.54, 1.807) is 45.0 Å². The lowest BCUT2D eigenvalue weighted by atomic mass is 9.95. The molecule has 3 aromatic rings. The third-order valence-electron chi connectivity index (χ3n) is 5.43. The number of anilines is 1. The molecule has 1 aliphatic rings. The van der Waals surface area contributed by atoms with Gasteiger partial charge in [0.1, 0.15) is 10.6 Å². The zero-order chi connectivity index (χ0) is 25.4. The first-order chi connectivity index (χ1) is 16.7. The molecule has 3 heterocycles. The summed E-state index contributed by atoms with van der Waals surface area (Å²) in [5, 5.41) is 11.8. The fourth-order valence-electron chi connectivity index (χ4n) is 3.89. The zero-order valence-corrected chi connectivity index (χ0v) is 21.4. The van der Waals surface area contributed by atoms with E-state index >= 15 is 0 Å². The Bertz CT molecular complexity index is 1360. The lowest BCUT2D eigenvalue weighted by Crippen LogP contribution is -2.31. The van der Waals surface area contributed by atoms with Crippen LogP contribution in [-0.4, -0.2) is 46.5 Å². The average Bonchev–Trinajstić information content (AvgIpc) is 3.46. The van der Waals surface area contributed by atoms with Gasteiger partial charge in [-0.25, -0.2) is 14.8 Å². The van der Waals surface area contributed by atoms with Gasteiger partial charge < -0.3 is 14.6 Å². The molecule has 1 N–H and O–H groups in total. The van der Waals surface area contributed by atoms with Crippen LogP contribution in [0, 0.1) is 20.8 Å². The number of methoxy groups -OCH3 is 1. The van der Waals surface area contributed by atoms with Crippen molar-refractivity contribution in [2.24, 2.45) is 0 Å². The zero-order valence-electron chi connectivity index (χ0n) is 19.7. The summed E-state index contributed by atoms with van der Waals surface area (Å²) >= 11 is 2.16. The number of aromatic nitrogens is 2. The van der Waals surface area contributed by atoms with Crippen molar-refractivity contribution in [1.82, 2.24) is 9.97 Å². The van der Waals surface area contributed by atoms with Gasteiger partial charge in [0.2, 0.25) is 5.78 Å². The van der Waals surface area contributed by atoms with Crippen molar-refractivity contribution in [3.05, 3.63) is 67.3 Å². The average molecular weight is 514 g/mol. The molecule has 0 fully saturated rings. The fraction of sp³-hybridized carbons (Fsp3) is 0.292. The summed E-state index contributed by atoms with van der Waals surface area (Å²) in [4.78, 5) is 49.7. The molecule has 0 spiro atoms. The number of ketones is 1. The highest BCUT2D eigenvalue weighted by Crippen LogP contribution is 2.44. The molecule has 0 radical (unpaired) electrons. The lowest BCUT2D eigenvalue weighted by Gasteiger charge is -2.24. The molecule has 1 atom stereocenters. The molecule has 11 heteroatoms. The Hall–Kier alpha value is -3.57. The van der Waals surface area contributed by atoms with E-state index in [1.807, 2.05) is 6.92 Å². The third-order valence-corrected chi connectivity index (χ3v) is 7.64. The summed E-state index contributed by atoms with van der Waals surface area (Å²) < 4.78 is 10.3. The molecule has 1 aliphatic heterocycles. The number of hydrogen-bond donors (Lipinski definition) is 1. The number of carbonyl (C=O) groups is 3. The number of ether oxygens (including phenoxy) is 2. The minimum atomic E-state index is -0.969. The van der Waals surface area contributed by atoms with Gasteiger partial charge in [-0.3, -0.25) is 14.5 Å². The van der Waals surface area contributed by atoms with Gasteiger partial charge in [0, 0.05) is 0 Å².